The number of aryl methyl sites for hydroxylation is 1. The van der Waals surface area contributed by atoms with Gasteiger partial charge in [-0.15, -0.1) is 0 Å². The number of hydrogen-bond acceptors (Lipinski definition) is 2. The zero-order valence-electron chi connectivity index (χ0n) is 11.6. The minimum atomic E-state index is 0.523. The fourth-order valence-corrected chi connectivity index (χ4v) is 2.92. The monoisotopic (exact) mass is 274 g/mol. The summed E-state index contributed by atoms with van der Waals surface area (Å²) in [5, 5.41) is 0. The van der Waals surface area contributed by atoms with Crippen LogP contribution in [0.2, 0.25) is 0 Å². The van der Waals surface area contributed by atoms with E-state index >= 15 is 0 Å². The van der Waals surface area contributed by atoms with Gasteiger partial charge in [-0.05, 0) is 56.1 Å². The average molecular weight is 274 g/mol. The number of rotatable bonds is 6. The number of nitrogens with two attached hydrogens (primary N) is 1. The van der Waals surface area contributed by atoms with Gasteiger partial charge in [-0.1, -0.05) is 24.4 Å². The summed E-state index contributed by atoms with van der Waals surface area (Å²) in [6.45, 7) is 4.53. The van der Waals surface area contributed by atoms with Crippen LogP contribution in [0, 0.1) is 18.8 Å². The smallest absolute Gasteiger partial charge is 0.106 e. The second-order valence-corrected chi connectivity index (χ2v) is 6.57. The molecule has 102 valence electrons. The number of benzene rings is 1. The third kappa shape index (κ3) is 3.08. The maximum absolute atomic E-state index is 5.92. The largest absolute Gasteiger partial charge is 0.389 e. The summed E-state index contributed by atoms with van der Waals surface area (Å²) in [4.78, 5) is 3.08. The third-order valence-electron chi connectivity index (χ3n) is 4.17. The van der Waals surface area contributed by atoms with Crippen LogP contribution in [0.4, 0.5) is 5.69 Å². The molecule has 0 spiro atoms. The highest BCUT2D eigenvalue weighted by molar-refractivity contribution is 7.80. The standard InChI is InChI=1S/C16H22N2S/c1-11-3-2-4-14(16(17)19)15(11)18(9-12-5-6-12)10-13-7-8-13/h2-4,12-13H,5-10H2,1H3,(H2,17,19). The Hall–Kier alpha value is -1.09. The summed E-state index contributed by atoms with van der Waals surface area (Å²) >= 11 is 5.24. The number of anilines is 1. The van der Waals surface area contributed by atoms with Crippen molar-refractivity contribution in [3.8, 4) is 0 Å². The molecule has 0 heterocycles. The Kier molecular flexibility index (Phi) is 3.48. The summed E-state index contributed by atoms with van der Waals surface area (Å²) in [6, 6.07) is 6.29. The molecule has 0 amide bonds. The summed E-state index contributed by atoms with van der Waals surface area (Å²) < 4.78 is 0. The van der Waals surface area contributed by atoms with E-state index in [1.54, 1.807) is 0 Å². The van der Waals surface area contributed by atoms with Gasteiger partial charge in [0.05, 0.1) is 0 Å². The molecule has 2 fully saturated rings. The zero-order valence-corrected chi connectivity index (χ0v) is 12.4. The number of nitrogens with zero attached hydrogens (tertiary/aromatic N) is 1. The lowest BCUT2D eigenvalue weighted by Gasteiger charge is -2.29. The Labute approximate surface area is 121 Å². The molecule has 2 nitrogen and oxygen atoms in total. The van der Waals surface area contributed by atoms with Crippen molar-refractivity contribution in [2.24, 2.45) is 17.6 Å². The lowest BCUT2D eigenvalue weighted by molar-refractivity contribution is 0.677. The van der Waals surface area contributed by atoms with Gasteiger partial charge in [-0.3, -0.25) is 0 Å². The topological polar surface area (TPSA) is 29.3 Å². The van der Waals surface area contributed by atoms with Crippen molar-refractivity contribution in [3.63, 3.8) is 0 Å². The van der Waals surface area contributed by atoms with Gasteiger partial charge in [0.25, 0.3) is 0 Å². The van der Waals surface area contributed by atoms with Crippen molar-refractivity contribution in [1.29, 1.82) is 0 Å². The fourth-order valence-electron chi connectivity index (χ4n) is 2.76. The summed E-state index contributed by atoms with van der Waals surface area (Å²) in [5.41, 5.74) is 9.55. The first-order valence-corrected chi connectivity index (χ1v) is 7.70. The molecule has 2 N–H and O–H groups in total. The van der Waals surface area contributed by atoms with Crippen LogP contribution in [0.15, 0.2) is 18.2 Å². The Morgan fingerprint density at radius 1 is 1.21 bits per heavy atom. The molecule has 2 saturated carbocycles. The van der Waals surface area contributed by atoms with Crippen LogP contribution in [0.25, 0.3) is 0 Å². The van der Waals surface area contributed by atoms with Gasteiger partial charge in [-0.25, -0.2) is 0 Å². The van der Waals surface area contributed by atoms with Crippen molar-refractivity contribution >= 4 is 22.9 Å². The maximum atomic E-state index is 5.92. The molecule has 1 aromatic carbocycles. The van der Waals surface area contributed by atoms with E-state index in [2.05, 4.69) is 30.0 Å². The fraction of sp³-hybridized carbons (Fsp3) is 0.562. The SMILES string of the molecule is Cc1cccc(C(N)=S)c1N(CC1CC1)CC1CC1. The van der Waals surface area contributed by atoms with Crippen LogP contribution in [0.3, 0.4) is 0 Å². The maximum Gasteiger partial charge on any atom is 0.106 e. The Balaban J connectivity index is 1.92. The van der Waals surface area contributed by atoms with E-state index in [0.717, 1.165) is 17.4 Å². The second kappa shape index (κ2) is 5.12. The van der Waals surface area contributed by atoms with Crippen LogP contribution in [-0.4, -0.2) is 18.1 Å². The van der Waals surface area contributed by atoms with E-state index in [9.17, 15) is 0 Å². The normalized spacial score (nSPS) is 18.4. The van der Waals surface area contributed by atoms with Crippen LogP contribution in [0.1, 0.15) is 36.8 Å². The molecule has 0 unspecified atom stereocenters. The van der Waals surface area contributed by atoms with E-state index in [0.29, 0.717) is 4.99 Å². The molecule has 3 heteroatoms. The first kappa shape index (κ1) is 12.9. The van der Waals surface area contributed by atoms with Crippen LogP contribution in [-0.2, 0) is 0 Å². The molecular formula is C16H22N2S. The highest BCUT2D eigenvalue weighted by Gasteiger charge is 2.30. The predicted octanol–water partition coefficient (Wildman–Crippen LogP) is 3.26. The lowest BCUT2D eigenvalue weighted by Crippen LogP contribution is -2.31. The molecule has 3 rings (SSSR count). The first-order valence-electron chi connectivity index (χ1n) is 7.29. The Bertz CT molecular complexity index is 476. The molecule has 0 radical (unpaired) electrons. The Morgan fingerprint density at radius 2 is 1.79 bits per heavy atom. The minimum absolute atomic E-state index is 0.523. The number of para-hydroxylation sites is 1. The quantitative estimate of drug-likeness (QED) is 0.807. The van der Waals surface area contributed by atoms with E-state index in [1.165, 1.54) is 50.0 Å². The highest BCUT2D eigenvalue weighted by atomic mass is 32.1. The third-order valence-corrected chi connectivity index (χ3v) is 4.39. The van der Waals surface area contributed by atoms with Crippen LogP contribution >= 0.6 is 12.2 Å². The predicted molar refractivity (Wildman–Crippen MR) is 84.7 cm³/mol. The first-order chi connectivity index (χ1) is 9.15. The molecule has 1 aromatic rings. The van der Waals surface area contributed by atoms with Crippen LogP contribution < -0.4 is 10.6 Å². The second-order valence-electron chi connectivity index (χ2n) is 6.13. The van der Waals surface area contributed by atoms with Gasteiger partial charge in [0.15, 0.2) is 0 Å². The van der Waals surface area contributed by atoms with E-state index < -0.39 is 0 Å². The number of hydrogen-bond donors (Lipinski definition) is 1. The molecule has 0 bridgehead atoms. The van der Waals surface area contributed by atoms with Crippen molar-refractivity contribution in [2.45, 2.75) is 32.6 Å². The summed E-state index contributed by atoms with van der Waals surface area (Å²) in [7, 11) is 0. The lowest BCUT2D eigenvalue weighted by atomic mass is 10.1. The van der Waals surface area contributed by atoms with Crippen molar-refractivity contribution < 1.29 is 0 Å². The minimum Gasteiger partial charge on any atom is -0.389 e. The Morgan fingerprint density at radius 3 is 2.26 bits per heavy atom. The van der Waals surface area contributed by atoms with Gasteiger partial charge in [0, 0.05) is 24.3 Å². The van der Waals surface area contributed by atoms with E-state index in [-0.39, 0.29) is 0 Å². The average Bonchev–Trinajstić information content (AvgIpc) is 3.23. The van der Waals surface area contributed by atoms with Gasteiger partial charge in [0.1, 0.15) is 4.99 Å². The van der Waals surface area contributed by atoms with E-state index in [1.807, 2.05) is 0 Å². The van der Waals surface area contributed by atoms with Gasteiger partial charge in [-0.2, -0.15) is 0 Å². The molecular weight excluding hydrogens is 252 g/mol. The molecule has 0 aliphatic heterocycles. The van der Waals surface area contributed by atoms with Gasteiger partial charge < -0.3 is 10.6 Å². The summed E-state index contributed by atoms with van der Waals surface area (Å²) in [5.74, 6) is 1.77. The zero-order chi connectivity index (χ0) is 13.4. The number of thiocarbonyl (C=S) groups is 1. The molecule has 0 atom stereocenters. The van der Waals surface area contributed by atoms with Crippen molar-refractivity contribution in [1.82, 2.24) is 0 Å². The van der Waals surface area contributed by atoms with Crippen molar-refractivity contribution in [3.05, 3.63) is 29.3 Å². The molecule has 2 aliphatic rings. The van der Waals surface area contributed by atoms with E-state index in [4.69, 9.17) is 18.0 Å². The highest BCUT2D eigenvalue weighted by Crippen LogP contribution is 2.37. The van der Waals surface area contributed by atoms with Gasteiger partial charge >= 0.3 is 0 Å². The van der Waals surface area contributed by atoms with Gasteiger partial charge in [0.2, 0.25) is 0 Å². The molecule has 0 aromatic heterocycles. The molecule has 2 aliphatic carbocycles. The molecule has 0 saturated heterocycles. The molecule has 19 heavy (non-hydrogen) atoms. The van der Waals surface area contributed by atoms with Crippen LogP contribution in [0.5, 0.6) is 0 Å². The van der Waals surface area contributed by atoms with Crippen molar-refractivity contribution in [2.75, 3.05) is 18.0 Å². The summed E-state index contributed by atoms with van der Waals surface area (Å²) in [6.07, 6.45) is 5.54.